The van der Waals surface area contributed by atoms with Gasteiger partial charge in [-0.2, -0.15) is 9.78 Å². The number of fused-ring (bicyclic) bond motifs is 1. The number of para-hydroxylation sites is 2. The van der Waals surface area contributed by atoms with Gasteiger partial charge in [-0.15, -0.1) is 0 Å². The molecule has 138 valence electrons. The first-order valence-corrected chi connectivity index (χ1v) is 9.07. The Morgan fingerprint density at radius 3 is 2.46 bits per heavy atom. The average molecular weight is 390 g/mol. The van der Waals surface area contributed by atoms with Gasteiger partial charge in [0.2, 0.25) is 0 Å². The van der Waals surface area contributed by atoms with E-state index >= 15 is 0 Å². The predicted molar refractivity (Wildman–Crippen MR) is 111 cm³/mol. The van der Waals surface area contributed by atoms with Crippen molar-refractivity contribution in [3.8, 4) is 5.75 Å². The molecule has 0 spiro atoms. The fraction of sp³-hybridized carbons (Fsp3) is 0.0455. The zero-order chi connectivity index (χ0) is 19.3. The largest absolute Gasteiger partial charge is 0.486 e. The number of rotatable bonds is 5. The Labute approximate surface area is 166 Å². The van der Waals surface area contributed by atoms with Crippen molar-refractivity contribution in [2.75, 3.05) is 0 Å². The van der Waals surface area contributed by atoms with Crippen LogP contribution in [0.3, 0.4) is 0 Å². The smallest absolute Gasteiger partial charge is 0.282 e. The summed E-state index contributed by atoms with van der Waals surface area (Å²) in [5, 5.41) is 5.50. The highest BCUT2D eigenvalue weighted by molar-refractivity contribution is 6.30. The number of hydrogen-bond acceptors (Lipinski definition) is 4. The Balaban J connectivity index is 1.74. The Morgan fingerprint density at radius 2 is 1.68 bits per heavy atom. The molecule has 4 aromatic rings. The minimum absolute atomic E-state index is 0.113. The molecule has 0 N–H and O–H groups in total. The zero-order valence-corrected chi connectivity index (χ0v) is 15.6. The zero-order valence-electron chi connectivity index (χ0n) is 14.8. The molecule has 0 bridgehead atoms. The van der Waals surface area contributed by atoms with Gasteiger partial charge in [0.15, 0.2) is 5.82 Å². The van der Waals surface area contributed by atoms with Gasteiger partial charge in [-0.05, 0) is 42.0 Å². The van der Waals surface area contributed by atoms with E-state index in [0.29, 0.717) is 27.5 Å². The lowest BCUT2D eigenvalue weighted by Crippen LogP contribution is -2.23. The molecule has 28 heavy (non-hydrogen) atoms. The van der Waals surface area contributed by atoms with Crippen molar-refractivity contribution in [3.63, 3.8) is 0 Å². The van der Waals surface area contributed by atoms with Crippen LogP contribution < -0.4 is 10.3 Å². The molecule has 0 amide bonds. The lowest BCUT2D eigenvalue weighted by molar-refractivity contribution is 0.289. The van der Waals surface area contributed by atoms with Crippen molar-refractivity contribution in [1.29, 1.82) is 0 Å². The number of ether oxygens (including phenoxy) is 1. The minimum Gasteiger partial charge on any atom is -0.486 e. The van der Waals surface area contributed by atoms with Gasteiger partial charge < -0.3 is 4.74 Å². The van der Waals surface area contributed by atoms with E-state index in [1.807, 2.05) is 48.5 Å². The molecular formula is C22H16ClN3O2. The molecule has 0 fully saturated rings. The van der Waals surface area contributed by atoms with Crippen LogP contribution in [-0.4, -0.2) is 15.9 Å². The van der Waals surface area contributed by atoms with Crippen LogP contribution in [0.2, 0.25) is 5.02 Å². The van der Waals surface area contributed by atoms with Crippen LogP contribution in [0.15, 0.2) is 88.8 Å². The highest BCUT2D eigenvalue weighted by Gasteiger charge is 2.11. The van der Waals surface area contributed by atoms with E-state index in [9.17, 15) is 4.79 Å². The quantitative estimate of drug-likeness (QED) is 0.472. The average Bonchev–Trinajstić information content (AvgIpc) is 2.74. The molecule has 1 heterocycles. The molecule has 4 rings (SSSR count). The molecular weight excluding hydrogens is 374 g/mol. The fourth-order valence-electron chi connectivity index (χ4n) is 2.72. The molecule has 0 aliphatic heterocycles. The van der Waals surface area contributed by atoms with E-state index in [1.165, 1.54) is 4.68 Å². The SMILES string of the molecule is O=c1c2ccccc2nc(COc2ccccc2)n1N=Cc1ccc(Cl)cc1. The summed E-state index contributed by atoms with van der Waals surface area (Å²) in [5.41, 5.74) is 1.18. The second kappa shape index (κ2) is 8.06. The van der Waals surface area contributed by atoms with Crippen LogP contribution >= 0.6 is 11.6 Å². The summed E-state index contributed by atoms with van der Waals surface area (Å²) in [4.78, 5) is 17.5. The first-order chi connectivity index (χ1) is 13.7. The minimum atomic E-state index is -0.248. The third-order valence-electron chi connectivity index (χ3n) is 4.12. The first-order valence-electron chi connectivity index (χ1n) is 8.69. The first kappa shape index (κ1) is 17.9. The van der Waals surface area contributed by atoms with Crippen LogP contribution in [0.1, 0.15) is 11.4 Å². The van der Waals surface area contributed by atoms with E-state index in [-0.39, 0.29) is 12.2 Å². The molecule has 0 atom stereocenters. The standard InChI is InChI=1S/C22H16ClN3O2/c23-17-12-10-16(11-13-17)14-24-26-21(15-28-18-6-2-1-3-7-18)25-20-9-5-4-8-19(20)22(26)27/h1-14H,15H2. The van der Waals surface area contributed by atoms with E-state index in [2.05, 4.69) is 10.1 Å². The van der Waals surface area contributed by atoms with E-state index in [4.69, 9.17) is 16.3 Å². The number of halogens is 1. The third kappa shape index (κ3) is 3.94. The highest BCUT2D eigenvalue weighted by Crippen LogP contribution is 2.13. The monoisotopic (exact) mass is 389 g/mol. The summed E-state index contributed by atoms with van der Waals surface area (Å²) in [6.07, 6.45) is 1.60. The van der Waals surface area contributed by atoms with Gasteiger partial charge in [0, 0.05) is 5.02 Å². The predicted octanol–water partition coefficient (Wildman–Crippen LogP) is 4.51. The van der Waals surface area contributed by atoms with Gasteiger partial charge in [-0.3, -0.25) is 4.79 Å². The maximum Gasteiger partial charge on any atom is 0.282 e. The summed E-state index contributed by atoms with van der Waals surface area (Å²) < 4.78 is 7.07. The molecule has 0 saturated heterocycles. The molecule has 0 saturated carbocycles. The summed E-state index contributed by atoms with van der Waals surface area (Å²) in [6.45, 7) is 0.113. The van der Waals surface area contributed by atoms with Crippen LogP contribution in [-0.2, 0) is 6.61 Å². The maximum absolute atomic E-state index is 13.0. The number of hydrogen-bond donors (Lipinski definition) is 0. The van der Waals surface area contributed by atoms with Crippen molar-refractivity contribution in [2.24, 2.45) is 5.10 Å². The highest BCUT2D eigenvalue weighted by atomic mass is 35.5. The normalized spacial score (nSPS) is 11.2. The molecule has 1 aromatic heterocycles. The van der Waals surface area contributed by atoms with E-state index < -0.39 is 0 Å². The maximum atomic E-state index is 13.0. The van der Waals surface area contributed by atoms with E-state index in [1.54, 1.807) is 36.5 Å². The second-order valence-electron chi connectivity index (χ2n) is 6.06. The van der Waals surface area contributed by atoms with Crippen molar-refractivity contribution in [3.05, 3.63) is 106 Å². The van der Waals surface area contributed by atoms with Gasteiger partial charge in [0.05, 0.1) is 17.1 Å². The van der Waals surface area contributed by atoms with Crippen LogP contribution in [0.5, 0.6) is 5.75 Å². The third-order valence-corrected chi connectivity index (χ3v) is 4.38. The van der Waals surface area contributed by atoms with Crippen molar-refractivity contribution in [2.45, 2.75) is 6.61 Å². The van der Waals surface area contributed by atoms with Gasteiger partial charge >= 0.3 is 0 Å². The molecule has 0 aliphatic rings. The lowest BCUT2D eigenvalue weighted by atomic mass is 10.2. The van der Waals surface area contributed by atoms with Gasteiger partial charge in [-0.25, -0.2) is 4.98 Å². The molecule has 6 heteroatoms. The molecule has 0 unspecified atom stereocenters. The molecule has 5 nitrogen and oxygen atoms in total. The summed E-state index contributed by atoms with van der Waals surface area (Å²) in [6, 6.07) is 23.7. The van der Waals surface area contributed by atoms with E-state index in [0.717, 1.165) is 5.56 Å². The number of nitrogens with zero attached hydrogens (tertiary/aromatic N) is 3. The van der Waals surface area contributed by atoms with Gasteiger partial charge in [-0.1, -0.05) is 54.1 Å². The summed E-state index contributed by atoms with van der Waals surface area (Å²) in [7, 11) is 0. The number of benzene rings is 3. The van der Waals surface area contributed by atoms with Crippen molar-refractivity contribution >= 4 is 28.7 Å². The fourth-order valence-corrected chi connectivity index (χ4v) is 2.85. The topological polar surface area (TPSA) is 56.5 Å². The Hall–Kier alpha value is -3.44. The second-order valence-corrected chi connectivity index (χ2v) is 6.50. The lowest BCUT2D eigenvalue weighted by Gasteiger charge is -2.10. The van der Waals surface area contributed by atoms with Crippen molar-refractivity contribution in [1.82, 2.24) is 9.66 Å². The van der Waals surface area contributed by atoms with Crippen LogP contribution in [0, 0.1) is 0 Å². The molecule has 0 aliphatic carbocycles. The molecule has 3 aromatic carbocycles. The molecule has 0 radical (unpaired) electrons. The van der Waals surface area contributed by atoms with Gasteiger partial charge in [0.1, 0.15) is 12.4 Å². The van der Waals surface area contributed by atoms with Crippen LogP contribution in [0.25, 0.3) is 10.9 Å². The van der Waals surface area contributed by atoms with Crippen molar-refractivity contribution < 1.29 is 4.74 Å². The van der Waals surface area contributed by atoms with Gasteiger partial charge in [0.25, 0.3) is 5.56 Å². The summed E-state index contributed by atoms with van der Waals surface area (Å²) in [5.74, 6) is 1.11. The summed E-state index contributed by atoms with van der Waals surface area (Å²) >= 11 is 5.92. The Bertz CT molecular complexity index is 1190. The number of aromatic nitrogens is 2. The van der Waals surface area contributed by atoms with Crippen LogP contribution in [0.4, 0.5) is 0 Å². The Kier molecular flexibility index (Phi) is 5.17. The Morgan fingerprint density at radius 1 is 0.964 bits per heavy atom.